The molecule has 1 aromatic carbocycles. The molecule has 0 bridgehead atoms. The first-order valence-corrected chi connectivity index (χ1v) is 7.71. The number of Topliss-reactive ketones (excluding diaryl/α,β-unsaturated/α-hetero) is 1. The molecule has 1 saturated heterocycles. The fourth-order valence-corrected chi connectivity index (χ4v) is 3.89. The predicted molar refractivity (Wildman–Crippen MR) is 81.2 cm³/mol. The largest absolute Gasteiger partial charge is 0.381 e. The number of nitrogens with zero attached hydrogens (tertiary/aromatic N) is 1. The molecule has 2 aliphatic rings. The molecule has 0 amide bonds. The molecule has 0 saturated carbocycles. The minimum absolute atomic E-state index is 0.0160. The Morgan fingerprint density at radius 1 is 1.43 bits per heavy atom. The van der Waals surface area contributed by atoms with E-state index in [9.17, 15) is 9.90 Å². The highest BCUT2D eigenvalue weighted by Gasteiger charge is 2.46. The number of aromatic nitrogens is 1. The van der Waals surface area contributed by atoms with Crippen molar-refractivity contribution in [3.63, 3.8) is 0 Å². The zero-order valence-corrected chi connectivity index (χ0v) is 12.2. The number of hydrogen-bond donors (Lipinski definition) is 2. The highest BCUT2D eigenvalue weighted by molar-refractivity contribution is 5.90. The minimum Gasteiger partial charge on any atom is -0.381 e. The van der Waals surface area contributed by atoms with Crippen LogP contribution in [0.5, 0.6) is 0 Å². The summed E-state index contributed by atoms with van der Waals surface area (Å²) in [5.74, 6) is -0.0160. The van der Waals surface area contributed by atoms with Crippen LogP contribution in [0, 0.1) is 0 Å². The summed E-state index contributed by atoms with van der Waals surface area (Å²) in [6.07, 6.45) is 1.88. The number of aliphatic hydroxyl groups is 1. The van der Waals surface area contributed by atoms with Crippen molar-refractivity contribution in [2.24, 2.45) is 0 Å². The molecule has 2 atom stereocenters. The smallest absolute Gasteiger partial charge is 0.167 e. The van der Waals surface area contributed by atoms with Gasteiger partial charge in [0.15, 0.2) is 5.78 Å². The molecule has 3 heterocycles. The summed E-state index contributed by atoms with van der Waals surface area (Å²) in [6.45, 7) is 3.26. The minimum atomic E-state index is -1.15. The summed E-state index contributed by atoms with van der Waals surface area (Å²) in [5.41, 5.74) is 2.52. The molecular weight excluding hydrogens is 264 g/mol. The first-order chi connectivity index (χ1) is 10.1. The van der Waals surface area contributed by atoms with E-state index < -0.39 is 5.60 Å². The second-order valence-corrected chi connectivity index (χ2v) is 6.31. The summed E-state index contributed by atoms with van der Waals surface area (Å²) in [7, 11) is 0. The molecule has 4 rings (SSSR count). The molecule has 4 heteroatoms. The Kier molecular flexibility index (Phi) is 2.75. The third kappa shape index (κ3) is 1.79. The van der Waals surface area contributed by atoms with Crippen LogP contribution in [0.15, 0.2) is 24.3 Å². The van der Waals surface area contributed by atoms with Crippen LogP contribution in [0.25, 0.3) is 10.9 Å². The van der Waals surface area contributed by atoms with Gasteiger partial charge in [0.25, 0.3) is 0 Å². The van der Waals surface area contributed by atoms with Gasteiger partial charge in [0.05, 0.1) is 6.04 Å². The van der Waals surface area contributed by atoms with Crippen molar-refractivity contribution in [3.8, 4) is 0 Å². The second-order valence-electron chi connectivity index (χ2n) is 6.31. The van der Waals surface area contributed by atoms with Crippen LogP contribution in [0.2, 0.25) is 0 Å². The van der Waals surface area contributed by atoms with Crippen molar-refractivity contribution in [3.05, 3.63) is 35.5 Å². The molecular formula is C17H20N2O2. The van der Waals surface area contributed by atoms with Gasteiger partial charge in [-0.25, -0.2) is 0 Å². The Bertz CT molecular complexity index is 721. The topological polar surface area (TPSA) is 56.3 Å². The zero-order valence-electron chi connectivity index (χ0n) is 12.2. The van der Waals surface area contributed by atoms with Gasteiger partial charge in [0, 0.05) is 36.1 Å². The maximum Gasteiger partial charge on any atom is 0.167 e. The first kappa shape index (κ1) is 13.0. The third-order valence-corrected chi connectivity index (χ3v) is 5.22. The van der Waals surface area contributed by atoms with Crippen molar-refractivity contribution in [2.75, 3.05) is 13.1 Å². The van der Waals surface area contributed by atoms with Gasteiger partial charge < -0.3 is 10.1 Å². The second kappa shape index (κ2) is 4.42. The lowest BCUT2D eigenvalue weighted by Crippen LogP contribution is -2.56. The number of H-pyrrole nitrogens is 1. The molecule has 2 aromatic rings. The maximum atomic E-state index is 12.3. The maximum absolute atomic E-state index is 12.3. The van der Waals surface area contributed by atoms with Gasteiger partial charge in [-0.3, -0.25) is 9.69 Å². The highest BCUT2D eigenvalue weighted by atomic mass is 16.3. The van der Waals surface area contributed by atoms with E-state index in [1.54, 1.807) is 0 Å². The van der Waals surface area contributed by atoms with E-state index >= 15 is 0 Å². The molecule has 21 heavy (non-hydrogen) atoms. The van der Waals surface area contributed by atoms with Gasteiger partial charge >= 0.3 is 0 Å². The van der Waals surface area contributed by atoms with Crippen molar-refractivity contribution in [1.29, 1.82) is 0 Å². The number of para-hydroxylation sites is 1. The lowest BCUT2D eigenvalue weighted by molar-refractivity contribution is -0.149. The quantitative estimate of drug-likeness (QED) is 0.844. The van der Waals surface area contributed by atoms with E-state index in [2.05, 4.69) is 28.1 Å². The lowest BCUT2D eigenvalue weighted by atomic mass is 9.81. The molecule has 2 aliphatic heterocycles. The van der Waals surface area contributed by atoms with Gasteiger partial charge in [-0.1, -0.05) is 25.1 Å². The fraction of sp³-hybridized carbons (Fsp3) is 0.471. The van der Waals surface area contributed by atoms with Crippen LogP contribution in [-0.2, 0) is 11.2 Å². The molecule has 0 aliphatic carbocycles. The molecule has 1 fully saturated rings. The Labute approximate surface area is 123 Å². The Morgan fingerprint density at radius 2 is 2.24 bits per heavy atom. The number of ketones is 1. The molecule has 2 N–H and O–H groups in total. The van der Waals surface area contributed by atoms with Crippen LogP contribution >= 0.6 is 0 Å². The molecule has 0 unspecified atom stereocenters. The van der Waals surface area contributed by atoms with E-state index in [0.29, 0.717) is 19.4 Å². The Hall–Kier alpha value is -1.65. The van der Waals surface area contributed by atoms with Gasteiger partial charge in [0.1, 0.15) is 5.60 Å². The standard InChI is InChI=1S/C17H20N2O2/c1-2-17(21)10-19-8-7-12-11-5-3-4-6-13(11)18-16(12)14(19)9-15(17)20/h3-6,14,18,21H,2,7-10H2,1H3/t14-,17-/m0/s1. The van der Waals surface area contributed by atoms with Crippen molar-refractivity contribution >= 4 is 16.7 Å². The number of nitrogens with one attached hydrogen (secondary N) is 1. The number of carbonyl (C=O) groups excluding carboxylic acids is 1. The fourth-order valence-electron chi connectivity index (χ4n) is 3.89. The van der Waals surface area contributed by atoms with E-state index in [0.717, 1.165) is 18.5 Å². The monoisotopic (exact) mass is 284 g/mol. The van der Waals surface area contributed by atoms with Crippen molar-refractivity contribution < 1.29 is 9.90 Å². The van der Waals surface area contributed by atoms with Crippen LogP contribution in [0.1, 0.15) is 37.1 Å². The van der Waals surface area contributed by atoms with E-state index in [-0.39, 0.29) is 11.8 Å². The average molecular weight is 284 g/mol. The Morgan fingerprint density at radius 3 is 3.05 bits per heavy atom. The lowest BCUT2D eigenvalue weighted by Gasteiger charge is -2.45. The van der Waals surface area contributed by atoms with E-state index in [1.807, 2.05) is 13.0 Å². The van der Waals surface area contributed by atoms with Gasteiger partial charge in [0.2, 0.25) is 0 Å². The number of fused-ring (bicyclic) bond motifs is 5. The number of hydrogen-bond acceptors (Lipinski definition) is 3. The summed E-state index contributed by atoms with van der Waals surface area (Å²) in [6, 6.07) is 8.42. The summed E-state index contributed by atoms with van der Waals surface area (Å²) in [5, 5.41) is 11.7. The number of rotatable bonds is 1. The molecule has 0 radical (unpaired) electrons. The number of piperidine rings is 1. The number of aromatic amines is 1. The Balaban J connectivity index is 1.78. The van der Waals surface area contributed by atoms with Crippen LogP contribution in [0.3, 0.4) is 0 Å². The third-order valence-electron chi connectivity index (χ3n) is 5.22. The molecule has 4 nitrogen and oxygen atoms in total. The van der Waals surface area contributed by atoms with Gasteiger partial charge in [-0.05, 0) is 24.5 Å². The average Bonchev–Trinajstić information content (AvgIpc) is 2.87. The van der Waals surface area contributed by atoms with E-state index in [1.165, 1.54) is 16.6 Å². The summed E-state index contributed by atoms with van der Waals surface area (Å²) < 4.78 is 0. The van der Waals surface area contributed by atoms with Crippen molar-refractivity contribution in [1.82, 2.24) is 9.88 Å². The predicted octanol–water partition coefficient (Wildman–Crippen LogP) is 2.18. The highest BCUT2D eigenvalue weighted by Crippen LogP contribution is 2.40. The molecule has 1 aromatic heterocycles. The van der Waals surface area contributed by atoms with Gasteiger partial charge in [-0.2, -0.15) is 0 Å². The molecule has 110 valence electrons. The van der Waals surface area contributed by atoms with Crippen LogP contribution in [-0.4, -0.2) is 39.5 Å². The van der Waals surface area contributed by atoms with Gasteiger partial charge in [-0.15, -0.1) is 0 Å². The summed E-state index contributed by atoms with van der Waals surface area (Å²) in [4.78, 5) is 18.1. The van der Waals surface area contributed by atoms with Crippen LogP contribution in [0.4, 0.5) is 0 Å². The van der Waals surface area contributed by atoms with Crippen molar-refractivity contribution in [2.45, 2.75) is 37.8 Å². The normalized spacial score (nSPS) is 29.4. The zero-order chi connectivity index (χ0) is 14.6. The van der Waals surface area contributed by atoms with Crippen LogP contribution < -0.4 is 0 Å². The van der Waals surface area contributed by atoms with E-state index in [4.69, 9.17) is 0 Å². The number of carbonyl (C=O) groups is 1. The molecule has 0 spiro atoms. The summed E-state index contributed by atoms with van der Waals surface area (Å²) >= 11 is 0. The number of benzene rings is 1. The SMILES string of the molecule is CC[C@]1(O)CN2CCc3c([nH]c4ccccc34)[C@@H]2CC1=O. The first-order valence-electron chi connectivity index (χ1n) is 7.71.